The van der Waals surface area contributed by atoms with Gasteiger partial charge in [-0.05, 0) is 49.9 Å². The van der Waals surface area contributed by atoms with Crippen LogP contribution >= 0.6 is 0 Å². The third-order valence-electron chi connectivity index (χ3n) is 6.27. The first kappa shape index (κ1) is 17.0. The molecule has 0 aliphatic heterocycles. The Hall–Kier alpha value is -1.32. The van der Waals surface area contributed by atoms with Crippen LogP contribution in [0.3, 0.4) is 0 Å². The summed E-state index contributed by atoms with van der Waals surface area (Å²) in [6.45, 7) is 8.46. The van der Waals surface area contributed by atoms with E-state index in [0.717, 1.165) is 37.7 Å². The van der Waals surface area contributed by atoms with Crippen LogP contribution in [0.15, 0.2) is 12.2 Å². The maximum Gasteiger partial charge on any atom is 0.311 e. The summed E-state index contributed by atoms with van der Waals surface area (Å²) >= 11 is 0. The fourth-order valence-corrected chi connectivity index (χ4v) is 5.05. The van der Waals surface area contributed by atoms with E-state index < -0.39 is 5.41 Å². The second kappa shape index (κ2) is 6.05. The number of esters is 2. The van der Waals surface area contributed by atoms with Crippen molar-refractivity contribution >= 4 is 11.9 Å². The molecule has 0 aromatic rings. The molecule has 0 aromatic heterocycles. The van der Waals surface area contributed by atoms with Crippen molar-refractivity contribution in [1.29, 1.82) is 0 Å². The van der Waals surface area contributed by atoms with Crippen LogP contribution in [0.25, 0.3) is 0 Å². The van der Waals surface area contributed by atoms with Crippen molar-refractivity contribution in [2.75, 3.05) is 14.2 Å². The molecule has 0 N–H and O–H groups in total. The molecule has 0 amide bonds. The molecule has 0 aromatic carbocycles. The van der Waals surface area contributed by atoms with Gasteiger partial charge in [-0.2, -0.15) is 0 Å². The topological polar surface area (TPSA) is 52.6 Å². The van der Waals surface area contributed by atoms with Crippen LogP contribution in [0.1, 0.15) is 52.4 Å². The maximum absolute atomic E-state index is 12.4. The molecule has 4 heteroatoms. The van der Waals surface area contributed by atoms with Gasteiger partial charge in [0.1, 0.15) is 0 Å². The van der Waals surface area contributed by atoms with E-state index in [1.54, 1.807) is 0 Å². The molecule has 4 atom stereocenters. The highest BCUT2D eigenvalue weighted by Gasteiger charge is 2.58. The van der Waals surface area contributed by atoms with E-state index in [-0.39, 0.29) is 29.2 Å². The Morgan fingerprint density at radius 2 is 1.91 bits per heavy atom. The minimum atomic E-state index is -0.461. The van der Waals surface area contributed by atoms with Gasteiger partial charge in [-0.3, -0.25) is 9.59 Å². The zero-order valence-electron chi connectivity index (χ0n) is 14.2. The summed E-state index contributed by atoms with van der Waals surface area (Å²) in [5, 5.41) is 0. The van der Waals surface area contributed by atoms with Gasteiger partial charge in [-0.25, -0.2) is 0 Å². The van der Waals surface area contributed by atoms with Crippen molar-refractivity contribution in [3.8, 4) is 0 Å². The summed E-state index contributed by atoms with van der Waals surface area (Å²) in [5.41, 5.74) is 0.569. The maximum atomic E-state index is 12.4. The zero-order valence-corrected chi connectivity index (χ0v) is 14.2. The van der Waals surface area contributed by atoms with Gasteiger partial charge in [-0.1, -0.05) is 25.5 Å². The van der Waals surface area contributed by atoms with Crippen molar-refractivity contribution in [3.05, 3.63) is 12.2 Å². The first-order chi connectivity index (χ1) is 10.3. The number of fused-ring (bicyclic) bond motifs is 1. The molecule has 2 aliphatic rings. The van der Waals surface area contributed by atoms with E-state index in [1.807, 2.05) is 6.92 Å². The van der Waals surface area contributed by atoms with Crippen molar-refractivity contribution < 1.29 is 19.1 Å². The van der Waals surface area contributed by atoms with Gasteiger partial charge >= 0.3 is 11.9 Å². The Kier molecular flexibility index (Phi) is 4.69. The molecule has 0 saturated heterocycles. The smallest absolute Gasteiger partial charge is 0.311 e. The van der Waals surface area contributed by atoms with E-state index in [2.05, 4.69) is 13.5 Å². The molecule has 4 nitrogen and oxygen atoms in total. The molecule has 124 valence electrons. The Morgan fingerprint density at radius 1 is 1.23 bits per heavy atom. The van der Waals surface area contributed by atoms with Gasteiger partial charge in [0.05, 0.1) is 26.1 Å². The quantitative estimate of drug-likeness (QED) is 0.591. The molecule has 2 saturated carbocycles. The molecule has 2 rings (SSSR count). The highest BCUT2D eigenvalue weighted by molar-refractivity contribution is 5.77. The Balaban J connectivity index is 2.37. The number of methoxy groups -OCH3 is 2. The highest BCUT2D eigenvalue weighted by Crippen LogP contribution is 2.62. The summed E-state index contributed by atoms with van der Waals surface area (Å²) < 4.78 is 9.97. The largest absolute Gasteiger partial charge is 0.469 e. The van der Waals surface area contributed by atoms with E-state index in [4.69, 9.17) is 9.47 Å². The standard InChI is InChI=1S/C18H28O4/c1-12-7-8-14-17(2,13(12)11-15(19)21-4)9-6-10-18(14,3)16(20)22-5/h13-14H,1,6-11H2,2-5H3/t13-,14+,17+,18-/m0/s1. The van der Waals surface area contributed by atoms with Crippen LogP contribution < -0.4 is 0 Å². The third kappa shape index (κ3) is 2.57. The van der Waals surface area contributed by atoms with Crippen LogP contribution in [0.2, 0.25) is 0 Å². The lowest BCUT2D eigenvalue weighted by Crippen LogP contribution is -2.54. The highest BCUT2D eigenvalue weighted by atomic mass is 16.5. The summed E-state index contributed by atoms with van der Waals surface area (Å²) in [7, 11) is 2.89. The Morgan fingerprint density at radius 3 is 2.50 bits per heavy atom. The predicted molar refractivity (Wildman–Crippen MR) is 84.1 cm³/mol. The van der Waals surface area contributed by atoms with Crippen molar-refractivity contribution in [3.63, 3.8) is 0 Å². The van der Waals surface area contributed by atoms with Crippen LogP contribution in [-0.4, -0.2) is 26.2 Å². The summed E-state index contributed by atoms with van der Waals surface area (Å²) in [5.74, 6) is -0.00420. The zero-order chi connectivity index (χ0) is 16.5. The minimum absolute atomic E-state index is 0.0861. The fourth-order valence-electron chi connectivity index (χ4n) is 5.05. The number of hydrogen-bond acceptors (Lipinski definition) is 4. The van der Waals surface area contributed by atoms with Gasteiger partial charge in [0.2, 0.25) is 0 Å². The second-order valence-corrected chi connectivity index (χ2v) is 7.35. The van der Waals surface area contributed by atoms with Crippen LogP contribution in [-0.2, 0) is 19.1 Å². The molecular weight excluding hydrogens is 280 g/mol. The van der Waals surface area contributed by atoms with Crippen molar-refractivity contribution in [2.24, 2.45) is 22.7 Å². The molecule has 0 spiro atoms. The van der Waals surface area contributed by atoms with Gasteiger partial charge < -0.3 is 9.47 Å². The number of hydrogen-bond donors (Lipinski definition) is 0. The lowest BCUT2D eigenvalue weighted by atomic mass is 9.46. The lowest BCUT2D eigenvalue weighted by molar-refractivity contribution is -0.168. The van der Waals surface area contributed by atoms with Crippen molar-refractivity contribution in [1.82, 2.24) is 0 Å². The average molecular weight is 308 g/mol. The molecule has 2 fully saturated rings. The molecule has 0 bridgehead atoms. The molecule has 0 heterocycles. The van der Waals surface area contributed by atoms with E-state index in [0.29, 0.717) is 6.42 Å². The first-order valence-corrected chi connectivity index (χ1v) is 8.12. The molecule has 2 aliphatic carbocycles. The van der Waals surface area contributed by atoms with Crippen LogP contribution in [0.4, 0.5) is 0 Å². The predicted octanol–water partition coefficient (Wildman–Crippen LogP) is 3.50. The number of carbonyl (C=O) groups excluding carboxylic acids is 2. The SMILES string of the molecule is C=C1CC[C@@H]2[C@](C)(CCC[C@]2(C)C(=O)OC)[C@H]1CC(=O)OC. The van der Waals surface area contributed by atoms with E-state index in [9.17, 15) is 9.59 Å². The van der Waals surface area contributed by atoms with Crippen molar-refractivity contribution in [2.45, 2.75) is 52.4 Å². The fraction of sp³-hybridized carbons (Fsp3) is 0.778. The summed E-state index contributed by atoms with van der Waals surface area (Å²) in [6.07, 6.45) is 5.03. The normalized spacial score (nSPS) is 38.1. The lowest BCUT2D eigenvalue weighted by Gasteiger charge is -2.57. The monoisotopic (exact) mass is 308 g/mol. The molecule has 0 unspecified atom stereocenters. The van der Waals surface area contributed by atoms with Crippen LogP contribution in [0, 0.1) is 22.7 Å². The second-order valence-electron chi connectivity index (χ2n) is 7.35. The number of carbonyl (C=O) groups is 2. The van der Waals surface area contributed by atoms with Gasteiger partial charge in [0.25, 0.3) is 0 Å². The summed E-state index contributed by atoms with van der Waals surface area (Å²) in [6, 6.07) is 0. The first-order valence-electron chi connectivity index (χ1n) is 8.12. The van der Waals surface area contributed by atoms with Gasteiger partial charge in [-0.15, -0.1) is 0 Å². The Labute approximate surface area is 133 Å². The Bertz CT molecular complexity index is 483. The van der Waals surface area contributed by atoms with E-state index >= 15 is 0 Å². The molecule has 0 radical (unpaired) electrons. The third-order valence-corrected chi connectivity index (χ3v) is 6.27. The van der Waals surface area contributed by atoms with E-state index in [1.165, 1.54) is 14.2 Å². The van der Waals surface area contributed by atoms with Gasteiger partial charge in [0.15, 0.2) is 0 Å². The summed E-state index contributed by atoms with van der Waals surface area (Å²) in [4.78, 5) is 24.3. The number of rotatable bonds is 3. The molecular formula is C18H28O4. The van der Waals surface area contributed by atoms with Gasteiger partial charge in [0, 0.05) is 0 Å². The number of ether oxygens (including phenoxy) is 2. The van der Waals surface area contributed by atoms with Crippen LogP contribution in [0.5, 0.6) is 0 Å². The number of allylic oxidation sites excluding steroid dienone is 1. The average Bonchev–Trinajstić information content (AvgIpc) is 2.49. The molecule has 22 heavy (non-hydrogen) atoms. The minimum Gasteiger partial charge on any atom is -0.469 e.